The Labute approximate surface area is 115 Å². The molecule has 1 heterocycles. The molecular weight excluding hydrogens is 292 g/mol. The average molecular weight is 305 g/mol. The second-order valence-electron chi connectivity index (χ2n) is 3.73. The van der Waals surface area contributed by atoms with Crippen molar-refractivity contribution in [1.82, 2.24) is 4.98 Å². The first-order valence-electron chi connectivity index (χ1n) is 5.70. The number of carbonyl (C=O) groups excluding carboxylic acids is 1. The minimum Gasteiger partial charge on any atom is -0.309 e. The van der Waals surface area contributed by atoms with E-state index in [0.29, 0.717) is 12.1 Å². The smallest absolute Gasteiger partial charge is 0.259 e. The Morgan fingerprint density at radius 1 is 1.22 bits per heavy atom. The molecule has 0 spiro atoms. The van der Waals surface area contributed by atoms with E-state index < -0.39 is 0 Å². The maximum absolute atomic E-state index is 12.5. The maximum atomic E-state index is 12.5. The van der Waals surface area contributed by atoms with Crippen LogP contribution in [-0.4, -0.2) is 17.4 Å². The molecule has 18 heavy (non-hydrogen) atoms. The van der Waals surface area contributed by atoms with E-state index in [1.165, 1.54) is 0 Å². The number of halogens is 1. The summed E-state index contributed by atoms with van der Waals surface area (Å²) in [6, 6.07) is 11.1. The third-order valence-electron chi connectivity index (χ3n) is 2.64. The topological polar surface area (TPSA) is 33.2 Å². The zero-order valence-corrected chi connectivity index (χ0v) is 11.6. The van der Waals surface area contributed by atoms with Gasteiger partial charge in [-0.2, -0.15) is 0 Å². The summed E-state index contributed by atoms with van der Waals surface area (Å²) < 4.78 is 0.808. The molecule has 0 aliphatic heterocycles. The summed E-state index contributed by atoms with van der Waals surface area (Å²) in [4.78, 5) is 18.2. The fourth-order valence-corrected chi connectivity index (χ4v) is 2.20. The van der Waals surface area contributed by atoms with Gasteiger partial charge in [0.25, 0.3) is 5.91 Å². The van der Waals surface area contributed by atoms with E-state index in [4.69, 9.17) is 0 Å². The summed E-state index contributed by atoms with van der Waals surface area (Å²) in [5.74, 6) is -0.0174. The number of pyridine rings is 1. The second-order valence-corrected chi connectivity index (χ2v) is 4.59. The fourth-order valence-electron chi connectivity index (χ4n) is 1.75. The van der Waals surface area contributed by atoms with Crippen molar-refractivity contribution >= 4 is 27.5 Å². The lowest BCUT2D eigenvalue weighted by molar-refractivity contribution is 0.0987. The third-order valence-corrected chi connectivity index (χ3v) is 3.33. The van der Waals surface area contributed by atoms with Gasteiger partial charge in [0.05, 0.1) is 5.56 Å². The highest BCUT2D eigenvalue weighted by Crippen LogP contribution is 2.21. The summed E-state index contributed by atoms with van der Waals surface area (Å²) in [5.41, 5.74) is 1.52. The molecule has 4 heteroatoms. The average Bonchev–Trinajstić information content (AvgIpc) is 2.41. The van der Waals surface area contributed by atoms with Crippen molar-refractivity contribution in [3.63, 3.8) is 0 Å². The predicted octanol–water partition coefficient (Wildman–Crippen LogP) is 3.51. The summed E-state index contributed by atoms with van der Waals surface area (Å²) in [5, 5.41) is 0. The second kappa shape index (κ2) is 5.78. The lowest BCUT2D eigenvalue weighted by Crippen LogP contribution is -2.30. The zero-order valence-electron chi connectivity index (χ0n) is 10.0. The number of benzene rings is 1. The van der Waals surface area contributed by atoms with E-state index in [9.17, 15) is 4.79 Å². The van der Waals surface area contributed by atoms with Crippen LogP contribution in [0.1, 0.15) is 17.3 Å². The molecule has 1 amide bonds. The molecule has 1 aromatic carbocycles. The number of rotatable bonds is 3. The van der Waals surface area contributed by atoms with Crippen molar-refractivity contribution in [2.45, 2.75) is 6.92 Å². The van der Waals surface area contributed by atoms with Crippen LogP contribution in [-0.2, 0) is 0 Å². The van der Waals surface area contributed by atoms with E-state index in [1.807, 2.05) is 43.3 Å². The summed E-state index contributed by atoms with van der Waals surface area (Å²) in [7, 11) is 0. The standard InChI is InChI=1S/C14H13BrN2O/c1-2-17(11-7-9-16-10-8-11)14(18)12-5-3-4-6-13(12)15/h3-10H,2H2,1H3. The quantitative estimate of drug-likeness (QED) is 0.869. The Morgan fingerprint density at radius 3 is 2.50 bits per heavy atom. The number of amides is 1. The Balaban J connectivity index is 2.35. The minimum absolute atomic E-state index is 0.0174. The van der Waals surface area contributed by atoms with Gasteiger partial charge in [-0.3, -0.25) is 9.78 Å². The molecule has 0 saturated heterocycles. The van der Waals surface area contributed by atoms with Crippen LogP contribution in [0.25, 0.3) is 0 Å². The van der Waals surface area contributed by atoms with Crippen molar-refractivity contribution < 1.29 is 4.79 Å². The first-order chi connectivity index (χ1) is 8.74. The monoisotopic (exact) mass is 304 g/mol. The van der Waals surface area contributed by atoms with E-state index in [2.05, 4.69) is 20.9 Å². The van der Waals surface area contributed by atoms with Gasteiger partial charge in [-0.1, -0.05) is 12.1 Å². The number of anilines is 1. The Kier molecular flexibility index (Phi) is 4.10. The van der Waals surface area contributed by atoms with Crippen molar-refractivity contribution in [3.05, 3.63) is 58.8 Å². The molecular formula is C14H13BrN2O. The van der Waals surface area contributed by atoms with Crippen LogP contribution in [0.5, 0.6) is 0 Å². The molecule has 0 radical (unpaired) electrons. The van der Waals surface area contributed by atoms with Gasteiger partial charge in [0, 0.05) is 29.1 Å². The zero-order chi connectivity index (χ0) is 13.0. The molecule has 1 aromatic heterocycles. The van der Waals surface area contributed by atoms with Gasteiger partial charge in [0.2, 0.25) is 0 Å². The molecule has 3 nitrogen and oxygen atoms in total. The summed E-state index contributed by atoms with van der Waals surface area (Å²) >= 11 is 3.41. The van der Waals surface area contributed by atoms with Crippen LogP contribution in [0.3, 0.4) is 0 Å². The Morgan fingerprint density at radius 2 is 1.89 bits per heavy atom. The molecule has 0 saturated carbocycles. The van der Waals surface area contributed by atoms with E-state index in [0.717, 1.165) is 10.2 Å². The summed E-state index contributed by atoms with van der Waals surface area (Å²) in [6.07, 6.45) is 3.37. The fraction of sp³-hybridized carbons (Fsp3) is 0.143. The van der Waals surface area contributed by atoms with Crippen LogP contribution in [0.2, 0.25) is 0 Å². The summed E-state index contributed by atoms with van der Waals surface area (Å²) in [6.45, 7) is 2.57. The van der Waals surface area contributed by atoms with Gasteiger partial charge in [-0.15, -0.1) is 0 Å². The number of hydrogen-bond acceptors (Lipinski definition) is 2. The first-order valence-corrected chi connectivity index (χ1v) is 6.49. The van der Waals surface area contributed by atoms with E-state index in [-0.39, 0.29) is 5.91 Å². The van der Waals surface area contributed by atoms with Gasteiger partial charge in [-0.25, -0.2) is 0 Å². The Bertz CT molecular complexity index is 543. The molecule has 0 aliphatic carbocycles. The van der Waals surface area contributed by atoms with Crippen LogP contribution in [0.4, 0.5) is 5.69 Å². The van der Waals surface area contributed by atoms with Gasteiger partial charge in [0.1, 0.15) is 0 Å². The molecule has 0 bridgehead atoms. The first kappa shape index (κ1) is 12.8. The largest absolute Gasteiger partial charge is 0.309 e. The number of nitrogens with zero attached hydrogens (tertiary/aromatic N) is 2. The van der Waals surface area contributed by atoms with Gasteiger partial charge < -0.3 is 4.90 Å². The number of hydrogen-bond donors (Lipinski definition) is 0. The molecule has 2 rings (SSSR count). The molecule has 0 fully saturated rings. The highest BCUT2D eigenvalue weighted by molar-refractivity contribution is 9.10. The van der Waals surface area contributed by atoms with Crippen LogP contribution < -0.4 is 4.90 Å². The van der Waals surface area contributed by atoms with Crippen molar-refractivity contribution in [2.24, 2.45) is 0 Å². The molecule has 92 valence electrons. The molecule has 0 N–H and O–H groups in total. The van der Waals surface area contributed by atoms with Gasteiger partial charge >= 0.3 is 0 Å². The van der Waals surface area contributed by atoms with Crippen LogP contribution in [0, 0.1) is 0 Å². The van der Waals surface area contributed by atoms with E-state index >= 15 is 0 Å². The lowest BCUT2D eigenvalue weighted by atomic mass is 10.2. The SMILES string of the molecule is CCN(C(=O)c1ccccc1Br)c1ccncc1. The highest BCUT2D eigenvalue weighted by Gasteiger charge is 2.17. The molecule has 0 unspecified atom stereocenters. The van der Waals surface area contributed by atoms with Gasteiger partial charge in [-0.05, 0) is 47.1 Å². The number of carbonyl (C=O) groups is 1. The van der Waals surface area contributed by atoms with Crippen molar-refractivity contribution in [1.29, 1.82) is 0 Å². The predicted molar refractivity (Wildman–Crippen MR) is 75.7 cm³/mol. The minimum atomic E-state index is -0.0174. The third kappa shape index (κ3) is 2.59. The van der Waals surface area contributed by atoms with Crippen molar-refractivity contribution in [2.75, 3.05) is 11.4 Å². The maximum Gasteiger partial charge on any atom is 0.259 e. The van der Waals surface area contributed by atoms with Crippen LogP contribution in [0.15, 0.2) is 53.3 Å². The van der Waals surface area contributed by atoms with Crippen LogP contribution >= 0.6 is 15.9 Å². The van der Waals surface area contributed by atoms with E-state index in [1.54, 1.807) is 17.3 Å². The molecule has 0 atom stereocenters. The Hall–Kier alpha value is -1.68. The van der Waals surface area contributed by atoms with Gasteiger partial charge in [0.15, 0.2) is 0 Å². The number of aromatic nitrogens is 1. The van der Waals surface area contributed by atoms with Crippen molar-refractivity contribution in [3.8, 4) is 0 Å². The molecule has 2 aromatic rings. The molecule has 0 aliphatic rings. The highest BCUT2D eigenvalue weighted by atomic mass is 79.9. The lowest BCUT2D eigenvalue weighted by Gasteiger charge is -2.21. The normalized spacial score (nSPS) is 10.1.